The second-order valence-corrected chi connectivity index (χ2v) is 5.73. The Labute approximate surface area is 121 Å². The van der Waals surface area contributed by atoms with E-state index in [1.807, 2.05) is 24.9 Å². The molecule has 5 nitrogen and oxygen atoms in total. The molecule has 2 rings (SSSR count). The van der Waals surface area contributed by atoms with Gasteiger partial charge in [-0.15, -0.1) is 0 Å². The number of carbonyl (C=O) groups is 1. The van der Waals surface area contributed by atoms with E-state index < -0.39 is 0 Å². The van der Waals surface area contributed by atoms with E-state index in [0.29, 0.717) is 18.3 Å². The number of rotatable bonds is 5. The Hall–Kier alpha value is -1.36. The molecule has 0 spiro atoms. The summed E-state index contributed by atoms with van der Waals surface area (Å²) in [4.78, 5) is 14.8. The van der Waals surface area contributed by atoms with Crippen LogP contribution < -0.4 is 5.73 Å². The lowest BCUT2D eigenvalue weighted by atomic mass is 9.93. The highest BCUT2D eigenvalue weighted by molar-refractivity contribution is 5.93. The van der Waals surface area contributed by atoms with Crippen LogP contribution in [0, 0.1) is 6.92 Å². The van der Waals surface area contributed by atoms with Crippen molar-refractivity contribution in [3.63, 3.8) is 0 Å². The summed E-state index contributed by atoms with van der Waals surface area (Å²) in [5.74, 6) is 0.105. The SMILES string of the molecule is Cc1cc(C(=O)N(CCCN)C2CCCCC2)n(C)n1. The number of aryl methyl sites for hydroxylation is 2. The number of amides is 1. The van der Waals surface area contributed by atoms with E-state index in [4.69, 9.17) is 5.73 Å². The molecular formula is C15H26N4O. The Kier molecular flexibility index (Phi) is 5.17. The van der Waals surface area contributed by atoms with E-state index in [1.54, 1.807) is 4.68 Å². The number of nitrogens with zero attached hydrogens (tertiary/aromatic N) is 3. The van der Waals surface area contributed by atoms with Gasteiger partial charge in [0.15, 0.2) is 0 Å². The third-order valence-corrected chi connectivity index (χ3v) is 4.10. The summed E-state index contributed by atoms with van der Waals surface area (Å²) >= 11 is 0. The quantitative estimate of drug-likeness (QED) is 0.894. The summed E-state index contributed by atoms with van der Waals surface area (Å²) in [6.07, 6.45) is 6.84. The first kappa shape index (κ1) is 15.0. The van der Waals surface area contributed by atoms with Crippen LogP contribution >= 0.6 is 0 Å². The van der Waals surface area contributed by atoms with Gasteiger partial charge in [-0.3, -0.25) is 9.48 Å². The van der Waals surface area contributed by atoms with Gasteiger partial charge in [-0.25, -0.2) is 0 Å². The monoisotopic (exact) mass is 278 g/mol. The van der Waals surface area contributed by atoms with E-state index in [1.165, 1.54) is 19.3 Å². The third kappa shape index (κ3) is 3.39. The van der Waals surface area contributed by atoms with Crippen molar-refractivity contribution in [1.29, 1.82) is 0 Å². The molecule has 1 aliphatic carbocycles. The molecule has 1 amide bonds. The lowest BCUT2D eigenvalue weighted by Crippen LogP contribution is -2.43. The summed E-state index contributed by atoms with van der Waals surface area (Å²) in [6.45, 7) is 3.30. The molecule has 0 saturated heterocycles. The van der Waals surface area contributed by atoms with Crippen LogP contribution in [-0.2, 0) is 7.05 Å². The Morgan fingerprint density at radius 2 is 2.15 bits per heavy atom. The summed E-state index contributed by atoms with van der Waals surface area (Å²) in [5, 5.41) is 4.28. The maximum absolute atomic E-state index is 12.8. The molecule has 2 N–H and O–H groups in total. The van der Waals surface area contributed by atoms with Crippen molar-refractivity contribution in [1.82, 2.24) is 14.7 Å². The van der Waals surface area contributed by atoms with Crippen LogP contribution in [0.25, 0.3) is 0 Å². The number of hydrogen-bond donors (Lipinski definition) is 1. The van der Waals surface area contributed by atoms with Gasteiger partial charge in [0.2, 0.25) is 0 Å². The largest absolute Gasteiger partial charge is 0.334 e. The first-order valence-corrected chi connectivity index (χ1v) is 7.65. The van der Waals surface area contributed by atoms with Gasteiger partial charge in [-0.1, -0.05) is 19.3 Å². The second kappa shape index (κ2) is 6.88. The number of hydrogen-bond acceptors (Lipinski definition) is 3. The zero-order valence-electron chi connectivity index (χ0n) is 12.6. The Balaban J connectivity index is 2.16. The summed E-state index contributed by atoms with van der Waals surface area (Å²) in [7, 11) is 1.84. The molecule has 0 atom stereocenters. The summed E-state index contributed by atoms with van der Waals surface area (Å²) < 4.78 is 1.69. The molecule has 1 aromatic rings. The number of carbonyl (C=O) groups excluding carboxylic acids is 1. The molecule has 0 bridgehead atoms. The molecule has 5 heteroatoms. The van der Waals surface area contributed by atoms with Crippen LogP contribution in [-0.4, -0.2) is 39.7 Å². The zero-order valence-corrected chi connectivity index (χ0v) is 12.6. The fourth-order valence-electron chi connectivity index (χ4n) is 3.06. The van der Waals surface area contributed by atoms with Gasteiger partial charge in [0.1, 0.15) is 5.69 Å². The van der Waals surface area contributed by atoms with Crippen LogP contribution in [0.1, 0.15) is 54.7 Å². The van der Waals surface area contributed by atoms with Gasteiger partial charge in [0.05, 0.1) is 5.69 Å². The van der Waals surface area contributed by atoms with E-state index >= 15 is 0 Å². The first-order chi connectivity index (χ1) is 9.63. The van der Waals surface area contributed by atoms with Crippen molar-refractivity contribution < 1.29 is 4.79 Å². The fourth-order valence-corrected chi connectivity index (χ4v) is 3.06. The highest BCUT2D eigenvalue weighted by Gasteiger charge is 2.27. The maximum atomic E-state index is 12.8. The van der Waals surface area contributed by atoms with E-state index in [9.17, 15) is 4.79 Å². The molecule has 1 aliphatic rings. The summed E-state index contributed by atoms with van der Waals surface area (Å²) in [6, 6.07) is 2.25. The van der Waals surface area contributed by atoms with Crippen molar-refractivity contribution in [2.45, 2.75) is 51.5 Å². The predicted octanol–water partition coefficient (Wildman–Crippen LogP) is 1.85. The average molecular weight is 278 g/mol. The smallest absolute Gasteiger partial charge is 0.272 e. The van der Waals surface area contributed by atoms with Gasteiger partial charge in [0, 0.05) is 19.6 Å². The molecule has 0 radical (unpaired) electrons. The van der Waals surface area contributed by atoms with E-state index in [0.717, 1.165) is 31.5 Å². The van der Waals surface area contributed by atoms with Crippen LogP contribution in [0.15, 0.2) is 6.07 Å². The van der Waals surface area contributed by atoms with Crippen molar-refractivity contribution in [3.8, 4) is 0 Å². The van der Waals surface area contributed by atoms with E-state index in [2.05, 4.69) is 5.10 Å². The maximum Gasteiger partial charge on any atom is 0.272 e. The number of nitrogens with two attached hydrogens (primary N) is 1. The molecular weight excluding hydrogens is 252 g/mol. The second-order valence-electron chi connectivity index (χ2n) is 5.73. The van der Waals surface area contributed by atoms with Gasteiger partial charge in [0.25, 0.3) is 5.91 Å². The Morgan fingerprint density at radius 1 is 1.45 bits per heavy atom. The molecule has 0 unspecified atom stereocenters. The molecule has 1 heterocycles. The molecule has 1 fully saturated rings. The van der Waals surface area contributed by atoms with Gasteiger partial charge < -0.3 is 10.6 Å². The van der Waals surface area contributed by atoms with Crippen LogP contribution in [0.3, 0.4) is 0 Å². The van der Waals surface area contributed by atoms with Gasteiger partial charge in [-0.2, -0.15) is 5.10 Å². The normalized spacial score (nSPS) is 16.4. The average Bonchev–Trinajstić information content (AvgIpc) is 2.79. The fraction of sp³-hybridized carbons (Fsp3) is 0.733. The highest BCUT2D eigenvalue weighted by Crippen LogP contribution is 2.24. The molecule has 0 aliphatic heterocycles. The topological polar surface area (TPSA) is 64.2 Å². The standard InChI is InChI=1S/C15H26N4O/c1-12-11-14(18(2)17-12)15(20)19(10-6-9-16)13-7-4-3-5-8-13/h11,13H,3-10,16H2,1-2H3. The third-order valence-electron chi connectivity index (χ3n) is 4.10. The minimum atomic E-state index is 0.105. The van der Waals surface area contributed by atoms with Gasteiger partial charge >= 0.3 is 0 Å². The zero-order chi connectivity index (χ0) is 14.5. The lowest BCUT2D eigenvalue weighted by Gasteiger charge is -2.34. The first-order valence-electron chi connectivity index (χ1n) is 7.65. The Morgan fingerprint density at radius 3 is 2.70 bits per heavy atom. The predicted molar refractivity (Wildman–Crippen MR) is 79.5 cm³/mol. The number of aromatic nitrogens is 2. The van der Waals surface area contributed by atoms with Crippen molar-refractivity contribution in [2.75, 3.05) is 13.1 Å². The minimum Gasteiger partial charge on any atom is -0.334 e. The van der Waals surface area contributed by atoms with E-state index in [-0.39, 0.29) is 5.91 Å². The van der Waals surface area contributed by atoms with Crippen LogP contribution in [0.4, 0.5) is 0 Å². The molecule has 1 saturated carbocycles. The molecule has 1 aromatic heterocycles. The molecule has 20 heavy (non-hydrogen) atoms. The summed E-state index contributed by atoms with van der Waals surface area (Å²) in [5.41, 5.74) is 7.20. The molecule has 0 aromatic carbocycles. The minimum absolute atomic E-state index is 0.105. The lowest BCUT2D eigenvalue weighted by molar-refractivity contribution is 0.0621. The van der Waals surface area contributed by atoms with Crippen molar-refractivity contribution in [2.24, 2.45) is 12.8 Å². The van der Waals surface area contributed by atoms with Crippen LogP contribution in [0.2, 0.25) is 0 Å². The highest BCUT2D eigenvalue weighted by atomic mass is 16.2. The van der Waals surface area contributed by atoms with Gasteiger partial charge in [-0.05, 0) is 38.8 Å². The van der Waals surface area contributed by atoms with Crippen molar-refractivity contribution >= 4 is 5.91 Å². The van der Waals surface area contributed by atoms with Crippen LogP contribution in [0.5, 0.6) is 0 Å². The molecule has 112 valence electrons. The van der Waals surface area contributed by atoms with Crippen molar-refractivity contribution in [3.05, 3.63) is 17.5 Å². The Bertz CT molecular complexity index is 449.